The molecule has 0 unspecified atom stereocenters. The zero-order chi connectivity index (χ0) is 15.5. The van der Waals surface area contributed by atoms with Gasteiger partial charge in [-0.2, -0.15) is 0 Å². The lowest BCUT2D eigenvalue weighted by molar-refractivity contribution is 0.0656. The van der Waals surface area contributed by atoms with Crippen LogP contribution >= 0.6 is 11.8 Å². The second kappa shape index (κ2) is 6.33. The summed E-state index contributed by atoms with van der Waals surface area (Å²) in [5.74, 6) is -1.27. The van der Waals surface area contributed by atoms with Crippen molar-refractivity contribution in [2.45, 2.75) is 21.8 Å². The van der Waals surface area contributed by atoms with Crippen LogP contribution in [0, 0.1) is 0 Å². The van der Waals surface area contributed by atoms with Crippen LogP contribution in [-0.4, -0.2) is 26.0 Å². The zero-order valence-corrected chi connectivity index (χ0v) is 12.7. The van der Waals surface area contributed by atoms with Crippen molar-refractivity contribution < 1.29 is 22.7 Å². The maximum Gasteiger partial charge on any atom is 0.371 e. The summed E-state index contributed by atoms with van der Waals surface area (Å²) in [6.45, 7) is 2.03. The number of carboxylic acids is 1. The summed E-state index contributed by atoms with van der Waals surface area (Å²) in [5.41, 5.74) is 0. The molecule has 0 atom stereocenters. The molecule has 112 valence electrons. The number of rotatable bonds is 6. The summed E-state index contributed by atoms with van der Waals surface area (Å²) in [7, 11) is -3.47. The van der Waals surface area contributed by atoms with Crippen molar-refractivity contribution in [2.24, 2.45) is 0 Å². The lowest BCUT2D eigenvalue weighted by atomic mass is 10.4. The highest BCUT2D eigenvalue weighted by atomic mass is 32.2. The van der Waals surface area contributed by atoms with Gasteiger partial charge < -0.3 is 9.52 Å². The minimum absolute atomic E-state index is 0.135. The van der Waals surface area contributed by atoms with Crippen molar-refractivity contribution >= 4 is 27.8 Å². The Morgan fingerprint density at radius 1 is 1.24 bits per heavy atom. The van der Waals surface area contributed by atoms with Crippen LogP contribution in [0.2, 0.25) is 0 Å². The molecule has 8 heteroatoms. The quantitative estimate of drug-likeness (QED) is 0.846. The van der Waals surface area contributed by atoms with E-state index in [1.165, 1.54) is 30.0 Å². The average molecular weight is 327 g/mol. The molecular formula is C13H13NO5S2. The van der Waals surface area contributed by atoms with Crippen molar-refractivity contribution in [2.75, 3.05) is 6.54 Å². The molecule has 1 heterocycles. The van der Waals surface area contributed by atoms with Gasteiger partial charge in [-0.15, -0.1) is 0 Å². The third-order valence-electron chi connectivity index (χ3n) is 2.48. The molecule has 2 rings (SSSR count). The molecule has 6 nitrogen and oxygen atoms in total. The van der Waals surface area contributed by atoms with Gasteiger partial charge in [-0.05, 0) is 36.4 Å². The van der Waals surface area contributed by atoms with Crippen LogP contribution in [0.15, 0.2) is 55.7 Å². The molecule has 0 fully saturated rings. The Kier molecular flexibility index (Phi) is 4.71. The third kappa shape index (κ3) is 3.87. The summed E-state index contributed by atoms with van der Waals surface area (Å²) in [6, 6.07) is 9.17. The lowest BCUT2D eigenvalue weighted by Crippen LogP contribution is -2.22. The predicted molar refractivity (Wildman–Crippen MR) is 77.1 cm³/mol. The molecule has 0 bridgehead atoms. The summed E-state index contributed by atoms with van der Waals surface area (Å²) >= 11 is 1.21. The molecule has 1 aromatic heterocycles. The number of aromatic carboxylic acids is 1. The van der Waals surface area contributed by atoms with E-state index < -0.39 is 16.0 Å². The first-order valence-corrected chi connectivity index (χ1v) is 8.33. The highest BCUT2D eigenvalue weighted by Gasteiger charge is 2.13. The van der Waals surface area contributed by atoms with Crippen LogP contribution in [0.4, 0.5) is 0 Å². The van der Waals surface area contributed by atoms with Gasteiger partial charge in [0, 0.05) is 11.4 Å². The van der Waals surface area contributed by atoms with Crippen molar-refractivity contribution in [1.82, 2.24) is 4.72 Å². The van der Waals surface area contributed by atoms with Crippen molar-refractivity contribution in [3.63, 3.8) is 0 Å². The smallest absolute Gasteiger partial charge is 0.371 e. The Balaban J connectivity index is 2.14. The van der Waals surface area contributed by atoms with E-state index in [2.05, 4.69) is 4.72 Å². The van der Waals surface area contributed by atoms with Gasteiger partial charge in [0.05, 0.1) is 4.90 Å². The highest BCUT2D eigenvalue weighted by Crippen LogP contribution is 2.29. The van der Waals surface area contributed by atoms with Gasteiger partial charge in [0.2, 0.25) is 15.8 Å². The van der Waals surface area contributed by atoms with E-state index in [1.807, 2.05) is 0 Å². The molecular weight excluding hydrogens is 314 g/mol. The number of hydrogen-bond donors (Lipinski definition) is 2. The van der Waals surface area contributed by atoms with Gasteiger partial charge in [-0.1, -0.05) is 18.7 Å². The fourth-order valence-electron chi connectivity index (χ4n) is 1.57. The summed E-state index contributed by atoms with van der Waals surface area (Å²) < 4.78 is 31.1. The Bertz CT molecular complexity index is 734. The molecule has 0 aliphatic rings. The van der Waals surface area contributed by atoms with E-state index in [4.69, 9.17) is 9.52 Å². The Morgan fingerprint density at radius 2 is 1.90 bits per heavy atom. The lowest BCUT2D eigenvalue weighted by Gasteiger charge is -2.05. The minimum Gasteiger partial charge on any atom is -0.475 e. The van der Waals surface area contributed by atoms with Crippen LogP contribution in [0.1, 0.15) is 17.5 Å². The molecule has 0 saturated heterocycles. The summed E-state index contributed by atoms with van der Waals surface area (Å²) in [4.78, 5) is 11.6. The molecule has 0 aliphatic heterocycles. The largest absolute Gasteiger partial charge is 0.475 e. The number of hydrogen-bond acceptors (Lipinski definition) is 5. The normalized spacial score (nSPS) is 11.5. The highest BCUT2D eigenvalue weighted by molar-refractivity contribution is 7.99. The topological polar surface area (TPSA) is 96.6 Å². The van der Waals surface area contributed by atoms with Gasteiger partial charge in [0.15, 0.2) is 5.09 Å². The molecule has 0 radical (unpaired) electrons. The van der Waals surface area contributed by atoms with Crippen LogP contribution in [-0.2, 0) is 10.0 Å². The Hall–Kier alpha value is -1.77. The van der Waals surface area contributed by atoms with Crippen LogP contribution < -0.4 is 4.72 Å². The summed E-state index contributed by atoms with van der Waals surface area (Å²) in [6.07, 6.45) is 0. The van der Waals surface area contributed by atoms with E-state index in [9.17, 15) is 13.2 Å². The van der Waals surface area contributed by atoms with Gasteiger partial charge in [-0.25, -0.2) is 17.9 Å². The second-order valence-corrected chi connectivity index (χ2v) is 6.84. The Morgan fingerprint density at radius 3 is 2.43 bits per heavy atom. The first kappa shape index (κ1) is 15.6. The molecule has 2 N–H and O–H groups in total. The number of carboxylic acid groups (broad SMARTS) is 1. The molecule has 0 aliphatic carbocycles. The molecule has 1 aromatic carbocycles. The van der Waals surface area contributed by atoms with E-state index in [0.29, 0.717) is 11.6 Å². The molecule has 2 aromatic rings. The molecule has 0 spiro atoms. The van der Waals surface area contributed by atoms with E-state index in [-0.39, 0.29) is 10.7 Å². The second-order valence-electron chi connectivity index (χ2n) is 4.00. The van der Waals surface area contributed by atoms with Crippen LogP contribution in [0.5, 0.6) is 0 Å². The van der Waals surface area contributed by atoms with Gasteiger partial charge in [0.1, 0.15) is 0 Å². The zero-order valence-electron chi connectivity index (χ0n) is 11.1. The van der Waals surface area contributed by atoms with Gasteiger partial charge in [-0.3, -0.25) is 0 Å². The molecule has 0 amide bonds. The SMILES string of the molecule is CCNS(=O)(=O)c1ccc(Sc2ccc(C(=O)O)o2)cc1. The van der Waals surface area contributed by atoms with Crippen LogP contribution in [0.3, 0.4) is 0 Å². The maximum absolute atomic E-state index is 11.8. The van der Waals surface area contributed by atoms with Crippen LogP contribution in [0.25, 0.3) is 0 Å². The molecule has 0 saturated carbocycles. The van der Waals surface area contributed by atoms with Gasteiger partial charge in [0.25, 0.3) is 0 Å². The van der Waals surface area contributed by atoms with Crippen molar-refractivity contribution in [3.05, 3.63) is 42.2 Å². The number of benzene rings is 1. The van der Waals surface area contributed by atoms with E-state index in [0.717, 1.165) is 4.90 Å². The molecule has 21 heavy (non-hydrogen) atoms. The first-order valence-electron chi connectivity index (χ1n) is 6.03. The van der Waals surface area contributed by atoms with E-state index >= 15 is 0 Å². The Labute approximate surface area is 126 Å². The minimum atomic E-state index is -3.47. The first-order chi connectivity index (χ1) is 9.92. The van der Waals surface area contributed by atoms with Crippen molar-refractivity contribution in [1.29, 1.82) is 0 Å². The third-order valence-corrected chi connectivity index (χ3v) is 4.97. The number of sulfonamides is 1. The summed E-state index contributed by atoms with van der Waals surface area (Å²) in [5, 5.41) is 9.19. The number of nitrogens with one attached hydrogen (secondary N) is 1. The number of carbonyl (C=O) groups is 1. The average Bonchev–Trinajstić information content (AvgIpc) is 2.88. The number of furan rings is 1. The predicted octanol–water partition coefficient (Wildman–Crippen LogP) is 2.43. The standard InChI is InChI=1S/C13H13NO5S2/c1-2-14-21(17,18)10-5-3-9(4-6-10)20-12-8-7-11(19-12)13(15)16/h3-8,14H,2H2,1H3,(H,15,16). The maximum atomic E-state index is 11.8. The fraction of sp³-hybridized carbons (Fsp3) is 0.154. The van der Waals surface area contributed by atoms with Crippen molar-refractivity contribution in [3.8, 4) is 0 Å². The van der Waals surface area contributed by atoms with Gasteiger partial charge >= 0.3 is 5.97 Å². The monoisotopic (exact) mass is 327 g/mol. The van der Waals surface area contributed by atoms with E-state index in [1.54, 1.807) is 25.1 Å². The fourth-order valence-corrected chi connectivity index (χ4v) is 3.38.